The highest BCUT2D eigenvalue weighted by atomic mass is 31.1. The summed E-state index contributed by atoms with van der Waals surface area (Å²) in [5.74, 6) is 0. The van der Waals surface area contributed by atoms with Gasteiger partial charge in [0.25, 0.3) is 0 Å². The van der Waals surface area contributed by atoms with E-state index in [1.165, 1.54) is 65.6 Å². The van der Waals surface area contributed by atoms with Crippen molar-refractivity contribution in [2.75, 3.05) is 6.16 Å². The molecule has 0 heterocycles. The molecule has 5 aromatic carbocycles. The van der Waals surface area contributed by atoms with Crippen molar-refractivity contribution in [3.05, 3.63) is 179 Å². The van der Waals surface area contributed by atoms with Crippen LogP contribution in [0.2, 0.25) is 0 Å². The van der Waals surface area contributed by atoms with E-state index in [1.54, 1.807) is 11.1 Å². The van der Waals surface area contributed by atoms with E-state index in [4.69, 9.17) is 0 Å². The Morgan fingerprint density at radius 2 is 0.641 bits per heavy atom. The lowest BCUT2D eigenvalue weighted by Crippen LogP contribution is -2.01. The molecule has 0 saturated carbocycles. The molecular formula is C37H38P2. The molecule has 0 bridgehead atoms. The van der Waals surface area contributed by atoms with Crippen LogP contribution >= 0.6 is 15.8 Å². The first-order chi connectivity index (χ1) is 19.3. The third-order valence-electron chi connectivity index (χ3n) is 7.21. The molecular weight excluding hydrogens is 506 g/mol. The Kier molecular flexibility index (Phi) is 10.5. The predicted octanol–water partition coefficient (Wildman–Crippen LogP) is 10.5. The van der Waals surface area contributed by atoms with Crippen molar-refractivity contribution in [3.63, 3.8) is 0 Å². The molecule has 196 valence electrons. The van der Waals surface area contributed by atoms with Gasteiger partial charge in [-0.2, -0.15) is 0 Å². The molecule has 0 nitrogen and oxygen atoms in total. The first kappa shape index (κ1) is 27.5. The minimum absolute atomic E-state index is 0.144. The van der Waals surface area contributed by atoms with Crippen molar-refractivity contribution in [1.82, 2.24) is 0 Å². The van der Waals surface area contributed by atoms with Gasteiger partial charge in [-0.25, -0.2) is 0 Å². The van der Waals surface area contributed by atoms with Gasteiger partial charge >= 0.3 is 0 Å². The molecule has 0 atom stereocenters. The van der Waals surface area contributed by atoms with E-state index in [-0.39, 0.29) is 15.8 Å². The summed E-state index contributed by atoms with van der Waals surface area (Å²) in [6.45, 7) is 0. The molecule has 0 fully saturated rings. The predicted molar refractivity (Wildman–Crippen MR) is 173 cm³/mol. The van der Waals surface area contributed by atoms with Crippen LogP contribution in [0.25, 0.3) is 0 Å². The van der Waals surface area contributed by atoms with E-state index in [1.807, 2.05) is 0 Å². The largest absolute Gasteiger partial charge is 0.0974 e. The quantitative estimate of drug-likeness (QED) is 0.129. The summed E-state index contributed by atoms with van der Waals surface area (Å²) < 4.78 is 0. The van der Waals surface area contributed by atoms with Crippen molar-refractivity contribution in [2.24, 2.45) is 0 Å². The van der Waals surface area contributed by atoms with Crippen LogP contribution in [-0.2, 0) is 37.2 Å². The van der Waals surface area contributed by atoms with E-state index in [9.17, 15) is 0 Å². The van der Waals surface area contributed by atoms with Crippen molar-refractivity contribution >= 4 is 15.8 Å². The van der Waals surface area contributed by atoms with Gasteiger partial charge in [0.1, 0.15) is 0 Å². The molecule has 0 saturated heterocycles. The maximum Gasteiger partial charge on any atom is -0.00644 e. The van der Waals surface area contributed by atoms with Crippen molar-refractivity contribution in [1.29, 1.82) is 0 Å². The molecule has 39 heavy (non-hydrogen) atoms. The third kappa shape index (κ3) is 9.00. The van der Waals surface area contributed by atoms with Crippen molar-refractivity contribution in [3.8, 4) is 0 Å². The molecule has 5 rings (SSSR count). The van der Waals surface area contributed by atoms with Crippen LogP contribution in [0.15, 0.2) is 146 Å². The topological polar surface area (TPSA) is 0 Å². The number of hydrogen-bond donors (Lipinski definition) is 0. The van der Waals surface area contributed by atoms with Crippen molar-refractivity contribution in [2.45, 2.75) is 37.2 Å². The Morgan fingerprint density at radius 1 is 0.308 bits per heavy atom. The lowest BCUT2D eigenvalue weighted by atomic mass is 10.1. The minimum Gasteiger partial charge on any atom is -0.0974 e. The van der Waals surface area contributed by atoms with Crippen LogP contribution in [0, 0.1) is 0 Å². The molecule has 0 N–H and O–H groups in total. The normalized spacial score (nSPS) is 11.2. The van der Waals surface area contributed by atoms with Crippen molar-refractivity contribution < 1.29 is 0 Å². The first-order valence-corrected chi connectivity index (χ1v) is 17.8. The Morgan fingerprint density at radius 3 is 1.05 bits per heavy atom. The highest BCUT2D eigenvalue weighted by molar-refractivity contribution is 7.56. The Labute approximate surface area is 237 Å². The molecule has 0 amide bonds. The summed E-state index contributed by atoms with van der Waals surface area (Å²) in [6, 6.07) is 53.6. The van der Waals surface area contributed by atoms with E-state index >= 15 is 0 Å². The SMILES string of the molecule is c1ccc(CP(CCc2ccccc2CP(Cc2ccccc2)Cc2ccccc2)Cc2ccccc2)cc1. The number of benzene rings is 5. The summed E-state index contributed by atoms with van der Waals surface area (Å²) >= 11 is 0. The maximum absolute atomic E-state index is 2.40. The Hall–Kier alpha value is -3.04. The molecule has 0 aliphatic rings. The van der Waals surface area contributed by atoms with Gasteiger partial charge < -0.3 is 0 Å². The van der Waals surface area contributed by atoms with Crippen LogP contribution in [0.3, 0.4) is 0 Å². The number of aryl methyl sites for hydroxylation is 1. The standard InChI is InChI=1S/C37H38P2/c1-5-15-32(16-6-1)27-38(28-33-17-7-2-8-18-33)26-25-36-23-13-14-24-37(36)31-39(29-34-19-9-3-10-20-34)30-35-21-11-4-12-22-35/h1-24H,25-31H2. The number of rotatable bonds is 13. The van der Waals surface area contributed by atoms with E-state index in [0.717, 1.165) is 0 Å². The fraction of sp³-hybridized carbons (Fsp3) is 0.189. The summed E-state index contributed by atoms with van der Waals surface area (Å²) in [7, 11) is -0.350. The second-order valence-corrected chi connectivity index (χ2v) is 15.0. The Balaban J connectivity index is 1.32. The second kappa shape index (κ2) is 14.9. The van der Waals surface area contributed by atoms with Gasteiger partial charge in [0.05, 0.1) is 0 Å². The molecule has 0 unspecified atom stereocenters. The summed E-state index contributed by atoms with van der Waals surface area (Å²) in [5.41, 5.74) is 8.99. The molecule has 0 aliphatic carbocycles. The zero-order valence-corrected chi connectivity index (χ0v) is 24.5. The van der Waals surface area contributed by atoms with E-state index < -0.39 is 0 Å². The van der Waals surface area contributed by atoms with Gasteiger partial charge in [-0.1, -0.05) is 161 Å². The maximum atomic E-state index is 2.40. The monoisotopic (exact) mass is 544 g/mol. The average molecular weight is 545 g/mol. The van der Waals surface area contributed by atoms with Crippen LogP contribution in [0.4, 0.5) is 0 Å². The molecule has 0 aliphatic heterocycles. The van der Waals surface area contributed by atoms with E-state index in [0.29, 0.717) is 0 Å². The molecule has 0 radical (unpaired) electrons. The average Bonchev–Trinajstić information content (AvgIpc) is 2.99. The van der Waals surface area contributed by atoms with Gasteiger partial charge in [0, 0.05) is 0 Å². The second-order valence-electron chi connectivity index (χ2n) is 10.3. The van der Waals surface area contributed by atoms with Gasteiger partial charge in [-0.05, 0) is 76.8 Å². The van der Waals surface area contributed by atoms with Crippen LogP contribution < -0.4 is 0 Å². The minimum atomic E-state index is -0.206. The fourth-order valence-corrected chi connectivity index (χ4v) is 10.2. The van der Waals surface area contributed by atoms with Gasteiger partial charge in [0.2, 0.25) is 0 Å². The molecule has 5 aromatic rings. The molecule has 0 aromatic heterocycles. The van der Waals surface area contributed by atoms with Gasteiger partial charge in [-0.3, -0.25) is 0 Å². The zero-order valence-electron chi connectivity index (χ0n) is 22.7. The Bertz CT molecular complexity index is 1290. The molecule has 0 spiro atoms. The number of hydrogen-bond acceptors (Lipinski definition) is 0. The first-order valence-electron chi connectivity index (χ1n) is 14.0. The van der Waals surface area contributed by atoms with Crippen LogP contribution in [-0.4, -0.2) is 6.16 Å². The lowest BCUT2D eigenvalue weighted by Gasteiger charge is -2.22. The lowest BCUT2D eigenvalue weighted by molar-refractivity contribution is 1.09. The smallest absolute Gasteiger partial charge is 0.00644 e. The summed E-state index contributed by atoms with van der Waals surface area (Å²) in [4.78, 5) is 0. The van der Waals surface area contributed by atoms with Gasteiger partial charge in [0.15, 0.2) is 0 Å². The third-order valence-corrected chi connectivity index (χ3v) is 12.1. The fourth-order valence-electron chi connectivity index (χ4n) is 5.22. The van der Waals surface area contributed by atoms with E-state index in [2.05, 4.69) is 146 Å². The zero-order chi connectivity index (χ0) is 26.5. The van der Waals surface area contributed by atoms with Crippen LogP contribution in [0.1, 0.15) is 33.4 Å². The van der Waals surface area contributed by atoms with Crippen LogP contribution in [0.5, 0.6) is 0 Å². The molecule has 2 heteroatoms. The summed E-state index contributed by atoms with van der Waals surface area (Å²) in [5, 5.41) is 0. The summed E-state index contributed by atoms with van der Waals surface area (Å²) in [6.07, 6.45) is 8.36. The highest BCUT2D eigenvalue weighted by Gasteiger charge is 2.16. The van der Waals surface area contributed by atoms with Gasteiger partial charge in [-0.15, -0.1) is 0 Å². The highest BCUT2D eigenvalue weighted by Crippen LogP contribution is 2.48.